The predicted octanol–water partition coefficient (Wildman–Crippen LogP) is 7.89. The highest BCUT2D eigenvalue weighted by molar-refractivity contribution is 5.63. The normalized spacial score (nSPS) is 11.9. The molecule has 2 N–H and O–H groups in total. The number of nitrogens with zero attached hydrogens (tertiary/aromatic N) is 2. The molecular weight excluding hydrogens is 441 g/mol. The number of alkyl halides is 3. The van der Waals surface area contributed by atoms with Crippen LogP contribution in [0.25, 0.3) is 0 Å². The van der Waals surface area contributed by atoms with Crippen molar-refractivity contribution in [1.29, 1.82) is 0 Å². The smallest absolute Gasteiger partial charge is 0.421 e. The van der Waals surface area contributed by atoms with E-state index in [9.17, 15) is 13.2 Å². The highest BCUT2D eigenvalue weighted by Gasteiger charge is 2.35. The fourth-order valence-corrected chi connectivity index (χ4v) is 3.35. The van der Waals surface area contributed by atoms with Gasteiger partial charge in [-0.05, 0) is 75.6 Å². The Bertz CT molecular complexity index is 1080. The molecule has 0 unspecified atom stereocenters. The molecule has 0 bridgehead atoms. The van der Waals surface area contributed by atoms with Crippen LogP contribution >= 0.6 is 0 Å². The highest BCUT2D eigenvalue weighted by atomic mass is 19.4. The fourth-order valence-electron chi connectivity index (χ4n) is 3.35. The summed E-state index contributed by atoms with van der Waals surface area (Å²) in [6, 6.07) is 14.5. The van der Waals surface area contributed by atoms with Crippen LogP contribution in [0.5, 0.6) is 5.75 Å². The predicted molar refractivity (Wildman–Crippen MR) is 130 cm³/mol. The number of benzene rings is 2. The summed E-state index contributed by atoms with van der Waals surface area (Å²) in [7, 11) is 0. The number of anilines is 4. The van der Waals surface area contributed by atoms with Gasteiger partial charge in [0.1, 0.15) is 22.7 Å². The number of nitrogens with one attached hydrogen (secondary N) is 2. The van der Waals surface area contributed by atoms with Gasteiger partial charge >= 0.3 is 6.18 Å². The number of hydrogen-bond donors (Lipinski definition) is 2. The fraction of sp³-hybridized carbons (Fsp3) is 0.385. The van der Waals surface area contributed by atoms with Crippen molar-refractivity contribution < 1.29 is 17.9 Å². The van der Waals surface area contributed by atoms with E-state index in [2.05, 4.69) is 27.5 Å². The summed E-state index contributed by atoms with van der Waals surface area (Å²) >= 11 is 0. The van der Waals surface area contributed by atoms with Gasteiger partial charge in [0.15, 0.2) is 0 Å². The maximum atomic E-state index is 13.6. The number of hydrogen-bond acceptors (Lipinski definition) is 5. The standard InChI is InChI=1S/C26H31F3N4O/c1-5-6-7-9-18-10-8-11-20(16-18)31-23-22(26(27,28)29)17-30-24(33-23)32-19-12-14-21(15-13-19)34-25(2,3)4/h8,10-17H,5-7,9H2,1-4H3,(H2,30,31,32,33). The van der Waals surface area contributed by atoms with Crippen LogP contribution in [0.15, 0.2) is 54.7 Å². The summed E-state index contributed by atoms with van der Waals surface area (Å²) in [5, 5.41) is 5.80. The van der Waals surface area contributed by atoms with Gasteiger partial charge < -0.3 is 15.4 Å². The third-order valence-electron chi connectivity index (χ3n) is 4.89. The lowest BCUT2D eigenvalue weighted by atomic mass is 10.1. The molecule has 0 spiro atoms. The topological polar surface area (TPSA) is 59.1 Å². The van der Waals surface area contributed by atoms with E-state index in [4.69, 9.17) is 4.74 Å². The zero-order valence-corrected chi connectivity index (χ0v) is 20.0. The third kappa shape index (κ3) is 7.64. The average Bonchev–Trinajstić information content (AvgIpc) is 2.74. The lowest BCUT2D eigenvalue weighted by Crippen LogP contribution is -2.22. The molecule has 5 nitrogen and oxygen atoms in total. The monoisotopic (exact) mass is 472 g/mol. The Labute approximate surface area is 198 Å². The Morgan fingerprint density at radius 3 is 2.29 bits per heavy atom. The van der Waals surface area contributed by atoms with Crippen molar-refractivity contribution in [2.45, 2.75) is 65.2 Å². The zero-order chi connectivity index (χ0) is 24.8. The van der Waals surface area contributed by atoms with Crippen LogP contribution in [0, 0.1) is 0 Å². The number of rotatable bonds is 9. The lowest BCUT2D eigenvalue weighted by molar-refractivity contribution is -0.137. The van der Waals surface area contributed by atoms with Gasteiger partial charge in [-0.25, -0.2) is 4.98 Å². The molecule has 0 aliphatic rings. The molecule has 0 aliphatic carbocycles. The number of unbranched alkanes of at least 4 members (excludes halogenated alkanes) is 2. The van der Waals surface area contributed by atoms with Crippen molar-refractivity contribution in [2.24, 2.45) is 0 Å². The number of halogens is 3. The Hall–Kier alpha value is -3.29. The van der Waals surface area contributed by atoms with E-state index in [1.807, 2.05) is 39.0 Å². The highest BCUT2D eigenvalue weighted by Crippen LogP contribution is 2.35. The molecule has 0 radical (unpaired) electrons. The summed E-state index contributed by atoms with van der Waals surface area (Å²) in [5.41, 5.74) is 0.984. The maximum absolute atomic E-state index is 13.6. The molecule has 0 fully saturated rings. The van der Waals surface area contributed by atoms with Gasteiger partial charge in [0.05, 0.1) is 0 Å². The van der Waals surface area contributed by atoms with Crippen molar-refractivity contribution in [3.63, 3.8) is 0 Å². The van der Waals surface area contributed by atoms with Crippen molar-refractivity contribution in [2.75, 3.05) is 10.6 Å². The first-order valence-corrected chi connectivity index (χ1v) is 11.4. The summed E-state index contributed by atoms with van der Waals surface area (Å²) in [6.45, 7) is 7.98. The maximum Gasteiger partial charge on any atom is 0.421 e. The largest absolute Gasteiger partial charge is 0.488 e. The number of aromatic nitrogens is 2. The van der Waals surface area contributed by atoms with Gasteiger partial charge in [-0.3, -0.25) is 0 Å². The Morgan fingerprint density at radius 1 is 0.912 bits per heavy atom. The van der Waals surface area contributed by atoms with Crippen molar-refractivity contribution in [1.82, 2.24) is 9.97 Å². The summed E-state index contributed by atoms with van der Waals surface area (Å²) in [4.78, 5) is 8.01. The molecule has 8 heteroatoms. The van der Waals surface area contributed by atoms with Crippen molar-refractivity contribution >= 4 is 23.1 Å². The molecule has 3 aromatic rings. The first-order chi connectivity index (χ1) is 16.0. The molecule has 1 heterocycles. The Morgan fingerprint density at radius 2 is 1.65 bits per heavy atom. The molecule has 0 amide bonds. The van der Waals surface area contributed by atoms with Crippen molar-refractivity contribution in [3.8, 4) is 5.75 Å². The van der Waals surface area contributed by atoms with Gasteiger partial charge in [-0.2, -0.15) is 18.2 Å². The van der Waals surface area contributed by atoms with E-state index in [-0.39, 0.29) is 17.4 Å². The molecule has 2 aromatic carbocycles. The quantitative estimate of drug-likeness (QED) is 0.310. The molecular formula is C26H31F3N4O. The summed E-state index contributed by atoms with van der Waals surface area (Å²) in [5.74, 6) is 0.440. The minimum atomic E-state index is -4.59. The van der Waals surface area contributed by atoms with Crippen LogP contribution in [0.2, 0.25) is 0 Å². The minimum absolute atomic E-state index is 0.0547. The van der Waals surface area contributed by atoms with E-state index in [1.165, 1.54) is 0 Å². The van der Waals surface area contributed by atoms with E-state index in [0.717, 1.165) is 37.4 Å². The summed E-state index contributed by atoms with van der Waals surface area (Å²) < 4.78 is 46.7. The van der Waals surface area contributed by atoms with E-state index in [0.29, 0.717) is 17.1 Å². The lowest BCUT2D eigenvalue weighted by Gasteiger charge is -2.21. The van der Waals surface area contributed by atoms with Gasteiger partial charge in [0, 0.05) is 17.6 Å². The molecule has 0 aliphatic heterocycles. The zero-order valence-electron chi connectivity index (χ0n) is 20.0. The van der Waals surface area contributed by atoms with Gasteiger partial charge in [-0.15, -0.1) is 0 Å². The van der Waals surface area contributed by atoms with Crippen LogP contribution < -0.4 is 15.4 Å². The molecule has 182 valence electrons. The van der Waals surface area contributed by atoms with E-state index >= 15 is 0 Å². The first kappa shape index (κ1) is 25.3. The molecule has 1 aromatic heterocycles. The molecule has 0 saturated heterocycles. The SMILES string of the molecule is CCCCCc1cccc(Nc2nc(Nc3ccc(OC(C)(C)C)cc3)ncc2C(F)(F)F)c1. The second kappa shape index (κ2) is 10.8. The third-order valence-corrected chi connectivity index (χ3v) is 4.89. The second-order valence-electron chi connectivity index (χ2n) is 9.10. The van der Waals surface area contributed by atoms with Crippen LogP contribution in [-0.2, 0) is 12.6 Å². The van der Waals surface area contributed by atoms with E-state index in [1.54, 1.807) is 30.3 Å². The van der Waals surface area contributed by atoms with Crippen molar-refractivity contribution in [3.05, 3.63) is 65.9 Å². The van der Waals surface area contributed by atoms with Gasteiger partial charge in [-0.1, -0.05) is 31.9 Å². The number of aryl methyl sites for hydroxylation is 1. The molecule has 0 atom stereocenters. The summed E-state index contributed by atoms with van der Waals surface area (Å²) in [6.07, 6.45) is 0.331. The van der Waals surface area contributed by atoms with Crippen LogP contribution in [0.1, 0.15) is 58.1 Å². The minimum Gasteiger partial charge on any atom is -0.488 e. The van der Waals surface area contributed by atoms with E-state index < -0.39 is 11.7 Å². The van der Waals surface area contributed by atoms with Crippen LogP contribution in [0.4, 0.5) is 36.3 Å². The average molecular weight is 473 g/mol. The molecule has 3 rings (SSSR count). The molecule has 34 heavy (non-hydrogen) atoms. The number of ether oxygens (including phenoxy) is 1. The Balaban J connectivity index is 1.81. The van der Waals surface area contributed by atoms with Crippen LogP contribution in [0.3, 0.4) is 0 Å². The molecule has 0 saturated carbocycles. The van der Waals surface area contributed by atoms with Gasteiger partial charge in [0.25, 0.3) is 0 Å². The van der Waals surface area contributed by atoms with Crippen LogP contribution in [-0.4, -0.2) is 15.6 Å². The first-order valence-electron chi connectivity index (χ1n) is 11.4. The van der Waals surface area contributed by atoms with Gasteiger partial charge in [0.2, 0.25) is 5.95 Å². The second-order valence-corrected chi connectivity index (χ2v) is 9.10. The Kier molecular flexibility index (Phi) is 8.02.